The van der Waals surface area contributed by atoms with E-state index in [1.54, 1.807) is 9.80 Å². The van der Waals surface area contributed by atoms with Gasteiger partial charge in [-0.3, -0.25) is 9.59 Å². The highest BCUT2D eigenvalue weighted by Crippen LogP contribution is 2.23. The van der Waals surface area contributed by atoms with Gasteiger partial charge in [-0.15, -0.1) is 0 Å². The van der Waals surface area contributed by atoms with Crippen molar-refractivity contribution < 1.29 is 19.1 Å². The highest BCUT2D eigenvalue weighted by molar-refractivity contribution is 5.86. The zero-order valence-corrected chi connectivity index (χ0v) is 16.1. The van der Waals surface area contributed by atoms with E-state index >= 15 is 0 Å². The molecular formula is C21H27N3O4. The molecule has 4 rings (SSSR count). The summed E-state index contributed by atoms with van der Waals surface area (Å²) < 4.78 is 5.01. The summed E-state index contributed by atoms with van der Waals surface area (Å²) in [6.07, 6.45) is 2.68. The van der Waals surface area contributed by atoms with E-state index in [-0.39, 0.29) is 36.4 Å². The highest BCUT2D eigenvalue weighted by Gasteiger charge is 2.35. The SMILES string of the molecule is O=C(CN1CC(Cc2ccccc2)CC1=O)N1CCC(N2CCOC2=O)CC1. The maximum absolute atomic E-state index is 12.7. The average Bonchev–Trinajstić information content (AvgIpc) is 3.28. The molecule has 0 N–H and O–H groups in total. The van der Waals surface area contributed by atoms with Crippen LogP contribution < -0.4 is 0 Å². The highest BCUT2D eigenvalue weighted by atomic mass is 16.6. The second kappa shape index (κ2) is 8.20. The minimum Gasteiger partial charge on any atom is -0.448 e. The van der Waals surface area contributed by atoms with Crippen LogP contribution in [0.3, 0.4) is 0 Å². The van der Waals surface area contributed by atoms with E-state index in [0.717, 1.165) is 19.3 Å². The summed E-state index contributed by atoms with van der Waals surface area (Å²) in [7, 11) is 0. The molecule has 3 aliphatic rings. The van der Waals surface area contributed by atoms with Gasteiger partial charge in [-0.25, -0.2) is 4.79 Å². The van der Waals surface area contributed by atoms with Crippen molar-refractivity contribution in [2.75, 3.05) is 39.3 Å². The summed E-state index contributed by atoms with van der Waals surface area (Å²) >= 11 is 0. The van der Waals surface area contributed by atoms with Gasteiger partial charge in [-0.1, -0.05) is 30.3 Å². The molecular weight excluding hydrogens is 358 g/mol. The number of amides is 3. The fourth-order valence-corrected chi connectivity index (χ4v) is 4.52. The smallest absolute Gasteiger partial charge is 0.410 e. The van der Waals surface area contributed by atoms with E-state index in [2.05, 4.69) is 12.1 Å². The van der Waals surface area contributed by atoms with E-state index in [0.29, 0.717) is 39.2 Å². The first-order valence-electron chi connectivity index (χ1n) is 10.1. The molecule has 1 aromatic rings. The van der Waals surface area contributed by atoms with Crippen LogP contribution in [-0.4, -0.2) is 78.0 Å². The van der Waals surface area contributed by atoms with E-state index < -0.39 is 0 Å². The summed E-state index contributed by atoms with van der Waals surface area (Å²) in [5, 5.41) is 0. The number of rotatable bonds is 5. The molecule has 0 bridgehead atoms. The van der Waals surface area contributed by atoms with Gasteiger partial charge in [0.25, 0.3) is 0 Å². The molecule has 0 saturated carbocycles. The lowest BCUT2D eigenvalue weighted by Crippen LogP contribution is -2.49. The molecule has 3 saturated heterocycles. The second-order valence-corrected chi connectivity index (χ2v) is 7.95. The molecule has 0 aromatic heterocycles. The second-order valence-electron chi connectivity index (χ2n) is 7.95. The Morgan fingerprint density at radius 3 is 2.50 bits per heavy atom. The van der Waals surface area contributed by atoms with E-state index in [1.165, 1.54) is 5.56 Å². The predicted octanol–water partition coefficient (Wildman–Crippen LogP) is 1.52. The van der Waals surface area contributed by atoms with Crippen LogP contribution >= 0.6 is 0 Å². The lowest BCUT2D eigenvalue weighted by molar-refractivity contribution is -0.139. The predicted molar refractivity (Wildman–Crippen MR) is 102 cm³/mol. The van der Waals surface area contributed by atoms with Gasteiger partial charge < -0.3 is 19.4 Å². The van der Waals surface area contributed by atoms with Crippen molar-refractivity contribution in [2.24, 2.45) is 5.92 Å². The maximum atomic E-state index is 12.7. The Morgan fingerprint density at radius 1 is 1.07 bits per heavy atom. The van der Waals surface area contributed by atoms with Crippen LogP contribution in [0.1, 0.15) is 24.8 Å². The third kappa shape index (κ3) is 4.13. The summed E-state index contributed by atoms with van der Waals surface area (Å²) in [5.41, 5.74) is 1.23. The van der Waals surface area contributed by atoms with Gasteiger partial charge in [0, 0.05) is 32.1 Å². The third-order valence-electron chi connectivity index (χ3n) is 6.04. The van der Waals surface area contributed by atoms with E-state index in [1.807, 2.05) is 23.1 Å². The van der Waals surface area contributed by atoms with Crippen LogP contribution in [0.5, 0.6) is 0 Å². The minimum absolute atomic E-state index is 0.0103. The molecule has 3 aliphatic heterocycles. The van der Waals surface area contributed by atoms with Crippen LogP contribution in [-0.2, 0) is 20.7 Å². The lowest BCUT2D eigenvalue weighted by atomic mass is 9.99. The van der Waals surface area contributed by atoms with Crippen molar-refractivity contribution >= 4 is 17.9 Å². The number of hydrogen-bond acceptors (Lipinski definition) is 4. The lowest BCUT2D eigenvalue weighted by Gasteiger charge is -2.36. The van der Waals surface area contributed by atoms with Crippen LogP contribution in [0, 0.1) is 5.92 Å². The molecule has 150 valence electrons. The number of carbonyl (C=O) groups excluding carboxylic acids is 3. The number of cyclic esters (lactones) is 1. The Morgan fingerprint density at radius 2 is 1.82 bits per heavy atom. The summed E-state index contributed by atoms with van der Waals surface area (Å²) in [5.74, 6) is 0.356. The molecule has 0 spiro atoms. The molecule has 0 aliphatic carbocycles. The van der Waals surface area contributed by atoms with Gasteiger partial charge >= 0.3 is 6.09 Å². The topological polar surface area (TPSA) is 70.2 Å². The van der Waals surface area contributed by atoms with E-state index in [4.69, 9.17) is 4.74 Å². The summed E-state index contributed by atoms with van der Waals surface area (Å²) in [6.45, 7) is 3.17. The Balaban J connectivity index is 1.25. The normalized spacial score (nSPS) is 23.4. The van der Waals surface area contributed by atoms with Crippen molar-refractivity contribution in [3.63, 3.8) is 0 Å². The molecule has 3 amide bonds. The van der Waals surface area contributed by atoms with Crippen molar-refractivity contribution in [1.82, 2.24) is 14.7 Å². The molecule has 3 fully saturated rings. The van der Waals surface area contributed by atoms with Gasteiger partial charge in [0.15, 0.2) is 0 Å². The van der Waals surface area contributed by atoms with Crippen LogP contribution in [0.4, 0.5) is 4.79 Å². The standard InChI is InChI=1S/C21H27N3O4/c25-19-13-17(12-16-4-2-1-3-5-16)14-23(19)15-20(26)22-8-6-18(7-9-22)24-10-11-28-21(24)27/h1-5,17-18H,6-15H2. The van der Waals surface area contributed by atoms with Gasteiger partial charge in [0.05, 0.1) is 13.1 Å². The minimum atomic E-state index is -0.239. The van der Waals surface area contributed by atoms with E-state index in [9.17, 15) is 14.4 Å². The number of ether oxygens (including phenoxy) is 1. The number of likely N-dealkylation sites (tertiary alicyclic amines) is 2. The zero-order chi connectivity index (χ0) is 19.5. The zero-order valence-electron chi connectivity index (χ0n) is 16.1. The molecule has 1 aromatic carbocycles. The third-order valence-corrected chi connectivity index (χ3v) is 6.04. The molecule has 7 nitrogen and oxygen atoms in total. The van der Waals surface area contributed by atoms with Crippen molar-refractivity contribution in [2.45, 2.75) is 31.7 Å². The van der Waals surface area contributed by atoms with Crippen LogP contribution in [0.2, 0.25) is 0 Å². The quantitative estimate of drug-likeness (QED) is 0.771. The average molecular weight is 385 g/mol. The molecule has 28 heavy (non-hydrogen) atoms. The van der Waals surface area contributed by atoms with Crippen molar-refractivity contribution in [3.8, 4) is 0 Å². The number of benzene rings is 1. The Hall–Kier alpha value is -2.57. The van der Waals surface area contributed by atoms with Gasteiger partial charge in [-0.2, -0.15) is 0 Å². The van der Waals surface area contributed by atoms with Crippen LogP contribution in [0.15, 0.2) is 30.3 Å². The van der Waals surface area contributed by atoms with Gasteiger partial charge in [-0.05, 0) is 30.7 Å². The fourth-order valence-electron chi connectivity index (χ4n) is 4.52. The Kier molecular flexibility index (Phi) is 5.50. The van der Waals surface area contributed by atoms with Gasteiger partial charge in [0.1, 0.15) is 6.61 Å². The molecule has 7 heteroatoms. The summed E-state index contributed by atoms with van der Waals surface area (Å²) in [6, 6.07) is 10.3. The Bertz CT molecular complexity index is 730. The monoisotopic (exact) mass is 385 g/mol. The molecule has 0 radical (unpaired) electrons. The molecule has 3 heterocycles. The first kappa shape index (κ1) is 18.8. The van der Waals surface area contributed by atoms with Crippen molar-refractivity contribution in [3.05, 3.63) is 35.9 Å². The largest absolute Gasteiger partial charge is 0.448 e. The number of piperidine rings is 1. The number of hydrogen-bond donors (Lipinski definition) is 0. The first-order valence-corrected chi connectivity index (χ1v) is 10.1. The molecule has 1 unspecified atom stereocenters. The van der Waals surface area contributed by atoms with Crippen LogP contribution in [0.25, 0.3) is 0 Å². The number of nitrogens with zero attached hydrogens (tertiary/aromatic N) is 3. The van der Waals surface area contributed by atoms with Gasteiger partial charge in [0.2, 0.25) is 11.8 Å². The Labute approximate surface area is 165 Å². The summed E-state index contributed by atoms with van der Waals surface area (Å²) in [4.78, 5) is 42.0. The fraction of sp³-hybridized carbons (Fsp3) is 0.571. The molecule has 1 atom stereocenters. The number of carbonyl (C=O) groups is 3. The maximum Gasteiger partial charge on any atom is 0.410 e. The van der Waals surface area contributed by atoms with Crippen molar-refractivity contribution in [1.29, 1.82) is 0 Å². The first-order chi connectivity index (χ1) is 13.6.